The van der Waals surface area contributed by atoms with Crippen molar-refractivity contribution in [3.63, 3.8) is 0 Å². The highest BCUT2D eigenvalue weighted by Gasteiger charge is 2.43. The number of likely N-dealkylation sites (N-methyl/N-ethyl adjacent to an activating group) is 2. The van der Waals surface area contributed by atoms with Gasteiger partial charge in [0.05, 0.1) is 29.4 Å². The lowest BCUT2D eigenvalue weighted by Gasteiger charge is -2.42. The number of benzene rings is 1. The maximum atomic E-state index is 13.4. The van der Waals surface area contributed by atoms with Gasteiger partial charge in [-0.15, -0.1) is 0 Å². The molecule has 1 aromatic carbocycles. The molecule has 1 amide bonds. The van der Waals surface area contributed by atoms with Gasteiger partial charge in [-0.1, -0.05) is 44.2 Å². The monoisotopic (exact) mass is 452 g/mol. The molecule has 33 heavy (non-hydrogen) atoms. The first-order valence-electron chi connectivity index (χ1n) is 10.8. The number of hydrogen-bond acceptors (Lipinski definition) is 8. The molecule has 1 N–H and O–H groups in total. The summed E-state index contributed by atoms with van der Waals surface area (Å²) in [6, 6.07) is 12.0. The fourth-order valence-electron chi connectivity index (χ4n) is 3.52. The molecule has 0 aliphatic carbocycles. The molecule has 2 heterocycles. The maximum absolute atomic E-state index is 13.4. The first kappa shape index (κ1) is 23.9. The Morgan fingerprint density at radius 2 is 1.85 bits per heavy atom. The van der Waals surface area contributed by atoms with E-state index in [9.17, 15) is 14.4 Å². The molecule has 3 rings (SSSR count). The molecule has 0 saturated heterocycles. The number of aromatic nitrogens is 1. The summed E-state index contributed by atoms with van der Waals surface area (Å²) in [5.41, 5.74) is 1.34. The molecule has 2 atom stereocenters. The number of amides is 1. The van der Waals surface area contributed by atoms with E-state index >= 15 is 0 Å². The summed E-state index contributed by atoms with van der Waals surface area (Å²) in [7, 11) is 1.72. The number of carbonyl (C=O) groups is 3. The van der Waals surface area contributed by atoms with Gasteiger partial charge in [-0.2, -0.15) is 0 Å². The molecule has 9 heteroatoms. The van der Waals surface area contributed by atoms with Crippen LogP contribution in [0.15, 0.2) is 66.1 Å². The SMILES string of the molecule is CCC(C)C(=O)OOC(=O)C1=C(Nc2cccnc2)C(=O)N(CC)N(C)C1c1ccccc1. The molecule has 0 spiro atoms. The normalized spacial score (nSPS) is 17.5. The number of carbonyl (C=O) groups excluding carboxylic acids is 3. The molecule has 2 unspecified atom stereocenters. The van der Waals surface area contributed by atoms with E-state index in [4.69, 9.17) is 9.78 Å². The molecule has 0 fully saturated rings. The van der Waals surface area contributed by atoms with Gasteiger partial charge in [-0.05, 0) is 31.0 Å². The third-order valence-electron chi connectivity index (χ3n) is 5.53. The molecular formula is C24H28N4O5. The fraction of sp³-hybridized carbons (Fsp3) is 0.333. The van der Waals surface area contributed by atoms with Crippen LogP contribution in [0.2, 0.25) is 0 Å². The Hall–Kier alpha value is -3.72. The molecule has 9 nitrogen and oxygen atoms in total. The van der Waals surface area contributed by atoms with Crippen molar-refractivity contribution in [2.75, 3.05) is 18.9 Å². The van der Waals surface area contributed by atoms with Gasteiger partial charge < -0.3 is 5.32 Å². The van der Waals surface area contributed by atoms with Gasteiger partial charge in [-0.3, -0.25) is 14.8 Å². The first-order chi connectivity index (χ1) is 15.9. The summed E-state index contributed by atoms with van der Waals surface area (Å²) in [6.07, 6.45) is 3.68. The molecule has 1 aromatic heterocycles. The molecule has 174 valence electrons. The van der Waals surface area contributed by atoms with Crippen LogP contribution in [0.25, 0.3) is 0 Å². The van der Waals surface area contributed by atoms with E-state index in [0.717, 1.165) is 5.56 Å². The van der Waals surface area contributed by atoms with E-state index in [1.807, 2.05) is 44.2 Å². The largest absolute Gasteiger partial charge is 0.386 e. The van der Waals surface area contributed by atoms with E-state index in [-0.39, 0.29) is 11.3 Å². The van der Waals surface area contributed by atoms with Crippen LogP contribution < -0.4 is 5.32 Å². The molecule has 0 radical (unpaired) electrons. The Labute approximate surface area is 192 Å². The summed E-state index contributed by atoms with van der Waals surface area (Å²) in [5.74, 6) is -2.44. The highest BCUT2D eigenvalue weighted by atomic mass is 17.2. The van der Waals surface area contributed by atoms with Crippen molar-refractivity contribution in [3.05, 3.63) is 71.7 Å². The molecule has 1 aliphatic heterocycles. The zero-order valence-corrected chi connectivity index (χ0v) is 19.1. The quantitative estimate of drug-likeness (QED) is 0.505. The van der Waals surface area contributed by atoms with E-state index in [1.165, 1.54) is 11.2 Å². The van der Waals surface area contributed by atoms with Crippen molar-refractivity contribution in [3.8, 4) is 0 Å². The number of hydrazine groups is 1. The highest BCUT2D eigenvalue weighted by molar-refractivity contribution is 6.06. The predicted molar refractivity (Wildman–Crippen MR) is 121 cm³/mol. The predicted octanol–water partition coefficient (Wildman–Crippen LogP) is 3.25. The molecule has 2 aromatic rings. The van der Waals surface area contributed by atoms with Gasteiger partial charge in [0.25, 0.3) is 5.91 Å². The van der Waals surface area contributed by atoms with Crippen LogP contribution in [0.3, 0.4) is 0 Å². The lowest BCUT2D eigenvalue weighted by Crippen LogP contribution is -2.53. The summed E-state index contributed by atoms with van der Waals surface area (Å²) >= 11 is 0. The van der Waals surface area contributed by atoms with Crippen molar-refractivity contribution in [1.29, 1.82) is 0 Å². The number of anilines is 1. The van der Waals surface area contributed by atoms with Crippen LogP contribution in [-0.2, 0) is 24.2 Å². The molecule has 0 bridgehead atoms. The zero-order valence-electron chi connectivity index (χ0n) is 19.1. The van der Waals surface area contributed by atoms with E-state index < -0.39 is 29.8 Å². The lowest BCUT2D eigenvalue weighted by atomic mass is 9.94. The van der Waals surface area contributed by atoms with Gasteiger partial charge in [0.1, 0.15) is 5.70 Å². The van der Waals surface area contributed by atoms with Gasteiger partial charge in [0, 0.05) is 19.8 Å². The van der Waals surface area contributed by atoms with Gasteiger partial charge >= 0.3 is 11.9 Å². The number of nitrogens with zero attached hydrogens (tertiary/aromatic N) is 3. The zero-order chi connectivity index (χ0) is 24.0. The standard InChI is InChI=1S/C24H28N4O5/c1-5-16(3)23(30)32-33-24(31)19-20(26-18-13-10-14-25-15-18)22(29)28(6-2)27(4)21(19)17-11-8-7-9-12-17/h7-16,21,26H,5-6H2,1-4H3. The van der Waals surface area contributed by atoms with Gasteiger partial charge in [-0.25, -0.2) is 24.4 Å². The number of nitrogens with one attached hydrogen (secondary N) is 1. The number of rotatable bonds is 7. The van der Waals surface area contributed by atoms with Crippen LogP contribution in [0.4, 0.5) is 5.69 Å². The third-order valence-corrected chi connectivity index (χ3v) is 5.53. The summed E-state index contributed by atoms with van der Waals surface area (Å²) in [5, 5.41) is 6.23. The Morgan fingerprint density at radius 3 is 2.45 bits per heavy atom. The second-order valence-corrected chi connectivity index (χ2v) is 7.65. The Bertz CT molecular complexity index is 1030. The maximum Gasteiger partial charge on any atom is 0.386 e. The summed E-state index contributed by atoms with van der Waals surface area (Å²) < 4.78 is 0. The second kappa shape index (κ2) is 10.7. The fourth-order valence-corrected chi connectivity index (χ4v) is 3.52. The first-order valence-corrected chi connectivity index (χ1v) is 10.8. The van der Waals surface area contributed by atoms with Crippen LogP contribution in [-0.4, -0.2) is 46.4 Å². The smallest absolute Gasteiger partial charge is 0.349 e. The van der Waals surface area contributed by atoms with Crippen LogP contribution in [0, 0.1) is 5.92 Å². The summed E-state index contributed by atoms with van der Waals surface area (Å²) in [4.78, 5) is 52.6. The Morgan fingerprint density at radius 1 is 1.12 bits per heavy atom. The van der Waals surface area contributed by atoms with Crippen molar-refractivity contribution in [2.45, 2.75) is 33.2 Å². The third kappa shape index (κ3) is 5.20. The Kier molecular flexibility index (Phi) is 7.78. The lowest BCUT2D eigenvalue weighted by molar-refractivity contribution is -0.259. The van der Waals surface area contributed by atoms with Crippen LogP contribution in [0.5, 0.6) is 0 Å². The van der Waals surface area contributed by atoms with Gasteiger partial charge in [0.15, 0.2) is 0 Å². The van der Waals surface area contributed by atoms with Crippen molar-refractivity contribution in [2.24, 2.45) is 5.92 Å². The minimum atomic E-state index is -0.928. The average Bonchev–Trinajstić information content (AvgIpc) is 2.84. The van der Waals surface area contributed by atoms with Crippen molar-refractivity contribution < 1.29 is 24.2 Å². The molecule has 1 aliphatic rings. The molecule has 0 saturated carbocycles. The summed E-state index contributed by atoms with van der Waals surface area (Å²) in [6.45, 7) is 5.72. The van der Waals surface area contributed by atoms with Gasteiger partial charge in [0.2, 0.25) is 0 Å². The highest BCUT2D eigenvalue weighted by Crippen LogP contribution is 2.36. The minimum Gasteiger partial charge on any atom is -0.349 e. The van der Waals surface area contributed by atoms with Crippen LogP contribution in [0.1, 0.15) is 38.8 Å². The average molecular weight is 453 g/mol. The second-order valence-electron chi connectivity index (χ2n) is 7.65. The number of hydrogen-bond donors (Lipinski definition) is 1. The van der Waals surface area contributed by atoms with Crippen molar-refractivity contribution in [1.82, 2.24) is 15.0 Å². The molecular weight excluding hydrogens is 424 g/mol. The van der Waals surface area contributed by atoms with Crippen molar-refractivity contribution >= 4 is 23.5 Å². The Balaban J connectivity index is 2.10. The minimum absolute atomic E-state index is 0.0270. The van der Waals surface area contributed by atoms with E-state index in [0.29, 0.717) is 18.7 Å². The van der Waals surface area contributed by atoms with Crippen LogP contribution >= 0.6 is 0 Å². The topological polar surface area (TPSA) is 101 Å². The van der Waals surface area contributed by atoms with E-state index in [1.54, 1.807) is 37.3 Å². The number of pyridine rings is 1. The van der Waals surface area contributed by atoms with E-state index in [2.05, 4.69) is 10.3 Å².